The van der Waals surface area contributed by atoms with Crippen LogP contribution in [-0.2, 0) is 0 Å². The minimum absolute atomic E-state index is 0.156. The molecule has 18 heavy (non-hydrogen) atoms. The summed E-state index contributed by atoms with van der Waals surface area (Å²) in [5.41, 5.74) is 7.21. The SMILES string of the molecule is CCCC(N)c1cc(-c2ccc(Br)c(F)c2)no1. The molecule has 96 valence electrons. The van der Waals surface area contributed by atoms with Gasteiger partial charge in [0.1, 0.15) is 11.5 Å². The Bertz CT molecular complexity index is 542. The molecular weight excluding hydrogens is 299 g/mol. The number of benzene rings is 1. The number of nitrogens with zero attached hydrogens (tertiary/aromatic N) is 1. The molecule has 0 aliphatic heterocycles. The van der Waals surface area contributed by atoms with Crippen molar-refractivity contribution >= 4 is 15.9 Å². The van der Waals surface area contributed by atoms with Crippen LogP contribution in [-0.4, -0.2) is 5.16 Å². The van der Waals surface area contributed by atoms with Crippen molar-refractivity contribution in [1.29, 1.82) is 0 Å². The molecule has 2 N–H and O–H groups in total. The van der Waals surface area contributed by atoms with E-state index in [1.807, 2.05) is 0 Å². The van der Waals surface area contributed by atoms with Crippen LogP contribution in [0.5, 0.6) is 0 Å². The van der Waals surface area contributed by atoms with Gasteiger partial charge in [-0.15, -0.1) is 0 Å². The Morgan fingerprint density at radius 1 is 1.44 bits per heavy atom. The van der Waals surface area contributed by atoms with Crippen LogP contribution in [0.3, 0.4) is 0 Å². The predicted molar refractivity (Wildman–Crippen MR) is 71.4 cm³/mol. The number of aromatic nitrogens is 1. The zero-order valence-electron chi connectivity index (χ0n) is 9.99. The highest BCUT2D eigenvalue weighted by atomic mass is 79.9. The van der Waals surface area contributed by atoms with Crippen LogP contribution in [0, 0.1) is 5.82 Å². The first kappa shape index (κ1) is 13.2. The van der Waals surface area contributed by atoms with Crippen molar-refractivity contribution in [3.63, 3.8) is 0 Å². The van der Waals surface area contributed by atoms with E-state index >= 15 is 0 Å². The molecule has 0 aliphatic carbocycles. The van der Waals surface area contributed by atoms with Gasteiger partial charge in [0.15, 0.2) is 5.76 Å². The molecule has 5 heteroatoms. The fraction of sp³-hybridized carbons (Fsp3) is 0.308. The van der Waals surface area contributed by atoms with E-state index in [1.165, 1.54) is 6.07 Å². The summed E-state index contributed by atoms with van der Waals surface area (Å²) in [4.78, 5) is 0. The summed E-state index contributed by atoms with van der Waals surface area (Å²) in [7, 11) is 0. The smallest absolute Gasteiger partial charge is 0.154 e. The molecule has 2 rings (SSSR count). The van der Waals surface area contributed by atoms with Gasteiger partial charge in [-0.3, -0.25) is 0 Å². The van der Waals surface area contributed by atoms with Crippen LogP contribution in [0.25, 0.3) is 11.3 Å². The van der Waals surface area contributed by atoms with Crippen LogP contribution in [0.4, 0.5) is 4.39 Å². The highest BCUT2D eigenvalue weighted by Gasteiger charge is 2.13. The highest BCUT2D eigenvalue weighted by Crippen LogP contribution is 2.26. The molecule has 1 aromatic heterocycles. The third-order valence-corrected chi connectivity index (χ3v) is 3.35. The zero-order chi connectivity index (χ0) is 13.1. The zero-order valence-corrected chi connectivity index (χ0v) is 11.6. The molecule has 0 saturated heterocycles. The second kappa shape index (κ2) is 5.63. The molecule has 0 saturated carbocycles. The van der Waals surface area contributed by atoms with E-state index in [2.05, 4.69) is 28.0 Å². The first-order valence-corrected chi connectivity index (χ1v) is 6.58. The van der Waals surface area contributed by atoms with Gasteiger partial charge < -0.3 is 10.3 Å². The summed E-state index contributed by atoms with van der Waals surface area (Å²) in [5.74, 6) is 0.310. The van der Waals surface area contributed by atoms with Gasteiger partial charge in [0.25, 0.3) is 0 Å². The first-order valence-electron chi connectivity index (χ1n) is 5.79. The van der Waals surface area contributed by atoms with Crippen LogP contribution >= 0.6 is 15.9 Å². The minimum atomic E-state index is -0.324. The van der Waals surface area contributed by atoms with Crippen LogP contribution in [0.15, 0.2) is 33.3 Å². The van der Waals surface area contributed by atoms with Gasteiger partial charge in [0, 0.05) is 11.6 Å². The fourth-order valence-corrected chi connectivity index (χ4v) is 1.96. The van der Waals surface area contributed by atoms with Crippen LogP contribution in [0.2, 0.25) is 0 Å². The van der Waals surface area contributed by atoms with Crippen molar-refractivity contribution in [2.45, 2.75) is 25.8 Å². The van der Waals surface area contributed by atoms with Gasteiger partial charge in [-0.2, -0.15) is 0 Å². The molecule has 0 radical (unpaired) electrons. The topological polar surface area (TPSA) is 52.0 Å². The van der Waals surface area contributed by atoms with E-state index in [0.29, 0.717) is 21.5 Å². The minimum Gasteiger partial charge on any atom is -0.359 e. The van der Waals surface area contributed by atoms with E-state index in [4.69, 9.17) is 10.3 Å². The number of nitrogens with two attached hydrogens (primary N) is 1. The quantitative estimate of drug-likeness (QED) is 0.926. The van der Waals surface area contributed by atoms with E-state index in [-0.39, 0.29) is 11.9 Å². The molecule has 3 nitrogen and oxygen atoms in total. The van der Waals surface area contributed by atoms with E-state index in [0.717, 1.165) is 12.8 Å². The third kappa shape index (κ3) is 2.79. The predicted octanol–water partition coefficient (Wildman–Crippen LogP) is 4.04. The Labute approximate surface area is 113 Å². The van der Waals surface area contributed by atoms with Gasteiger partial charge in [0.05, 0.1) is 10.5 Å². The average molecular weight is 313 g/mol. The van der Waals surface area contributed by atoms with E-state index in [9.17, 15) is 4.39 Å². The molecule has 1 atom stereocenters. The Hall–Kier alpha value is -1.20. The number of rotatable bonds is 4. The van der Waals surface area contributed by atoms with E-state index in [1.54, 1.807) is 18.2 Å². The van der Waals surface area contributed by atoms with Crippen LogP contribution < -0.4 is 5.73 Å². The van der Waals surface area contributed by atoms with Gasteiger partial charge in [-0.05, 0) is 34.5 Å². The fourth-order valence-electron chi connectivity index (χ4n) is 1.71. The Balaban J connectivity index is 2.26. The maximum Gasteiger partial charge on any atom is 0.154 e. The maximum absolute atomic E-state index is 13.4. The standard InChI is InChI=1S/C13H14BrFN2O/c1-2-3-11(16)13-7-12(17-18-13)8-4-5-9(14)10(15)6-8/h4-7,11H,2-3,16H2,1H3. The molecule has 0 spiro atoms. The van der Waals surface area contributed by atoms with E-state index < -0.39 is 0 Å². The van der Waals surface area contributed by atoms with Crippen molar-refractivity contribution in [3.05, 3.63) is 40.3 Å². The molecule has 0 fully saturated rings. The van der Waals surface area contributed by atoms with Gasteiger partial charge >= 0.3 is 0 Å². The lowest BCUT2D eigenvalue weighted by molar-refractivity contribution is 0.356. The second-order valence-corrected chi connectivity index (χ2v) is 4.99. The molecule has 0 bridgehead atoms. The number of hydrogen-bond donors (Lipinski definition) is 1. The summed E-state index contributed by atoms with van der Waals surface area (Å²) in [6, 6.07) is 6.45. The molecule has 1 heterocycles. The molecule has 0 amide bonds. The largest absolute Gasteiger partial charge is 0.359 e. The summed E-state index contributed by atoms with van der Waals surface area (Å²) >= 11 is 3.11. The monoisotopic (exact) mass is 312 g/mol. The van der Waals surface area contributed by atoms with Crippen molar-refractivity contribution in [3.8, 4) is 11.3 Å². The summed E-state index contributed by atoms with van der Waals surface area (Å²) in [6.07, 6.45) is 1.81. The molecule has 2 aromatic rings. The van der Waals surface area contributed by atoms with Crippen LogP contribution in [0.1, 0.15) is 31.6 Å². The number of halogens is 2. The maximum atomic E-state index is 13.4. The first-order chi connectivity index (χ1) is 8.61. The van der Waals surface area contributed by atoms with Gasteiger partial charge in [0.2, 0.25) is 0 Å². The Kier molecular flexibility index (Phi) is 4.14. The van der Waals surface area contributed by atoms with Crippen molar-refractivity contribution < 1.29 is 8.91 Å². The molecule has 1 unspecified atom stereocenters. The second-order valence-electron chi connectivity index (χ2n) is 4.14. The average Bonchev–Trinajstić information content (AvgIpc) is 2.82. The lowest BCUT2D eigenvalue weighted by Gasteiger charge is -2.03. The van der Waals surface area contributed by atoms with Crippen molar-refractivity contribution in [1.82, 2.24) is 5.16 Å². The molecule has 0 aliphatic rings. The molecule has 1 aromatic carbocycles. The Morgan fingerprint density at radius 3 is 2.89 bits per heavy atom. The highest BCUT2D eigenvalue weighted by molar-refractivity contribution is 9.10. The van der Waals surface area contributed by atoms with Gasteiger partial charge in [-0.1, -0.05) is 24.6 Å². The van der Waals surface area contributed by atoms with Crippen molar-refractivity contribution in [2.75, 3.05) is 0 Å². The lowest BCUT2D eigenvalue weighted by Crippen LogP contribution is -2.08. The number of hydrogen-bond acceptors (Lipinski definition) is 3. The third-order valence-electron chi connectivity index (χ3n) is 2.71. The lowest BCUT2D eigenvalue weighted by atomic mass is 10.1. The Morgan fingerprint density at radius 2 is 2.22 bits per heavy atom. The summed E-state index contributed by atoms with van der Waals surface area (Å²) < 4.78 is 19.0. The van der Waals surface area contributed by atoms with Crippen molar-refractivity contribution in [2.24, 2.45) is 5.73 Å². The summed E-state index contributed by atoms with van der Waals surface area (Å²) in [6.45, 7) is 2.06. The summed E-state index contributed by atoms with van der Waals surface area (Å²) in [5, 5.41) is 3.92. The normalized spacial score (nSPS) is 12.7. The molecular formula is C13H14BrFN2O. The van der Waals surface area contributed by atoms with Gasteiger partial charge in [-0.25, -0.2) is 4.39 Å².